The van der Waals surface area contributed by atoms with Gasteiger partial charge in [0.15, 0.2) is 5.69 Å². The number of hydrogen-bond acceptors (Lipinski definition) is 5. The van der Waals surface area contributed by atoms with Crippen LogP contribution in [0.25, 0.3) is 33.1 Å². The predicted molar refractivity (Wildman–Crippen MR) is 102 cm³/mol. The molecule has 7 nitrogen and oxygen atoms in total. The van der Waals surface area contributed by atoms with Crippen LogP contribution in [0.15, 0.2) is 18.3 Å². The zero-order chi connectivity index (χ0) is 21.0. The number of esters is 1. The van der Waals surface area contributed by atoms with Gasteiger partial charge < -0.3 is 4.74 Å². The Balaban J connectivity index is 1.88. The molecule has 0 spiro atoms. The van der Waals surface area contributed by atoms with Crippen molar-refractivity contribution in [1.82, 2.24) is 25.4 Å². The molecule has 0 unspecified atom stereocenters. The highest BCUT2D eigenvalue weighted by atomic mass is 19.4. The number of aryl methyl sites for hydroxylation is 1. The molecular weight excluding hydrogens is 399 g/mol. The van der Waals surface area contributed by atoms with E-state index in [2.05, 4.69) is 25.4 Å². The number of hydrogen-bond donors (Lipinski definition) is 2. The van der Waals surface area contributed by atoms with Gasteiger partial charge in [0.1, 0.15) is 5.69 Å². The number of rotatable bonds is 2. The van der Waals surface area contributed by atoms with Crippen LogP contribution in [0.1, 0.15) is 40.2 Å². The maximum absolute atomic E-state index is 13.5. The number of aromatic nitrogens is 5. The fourth-order valence-corrected chi connectivity index (χ4v) is 4.28. The Hall–Kier alpha value is -3.43. The van der Waals surface area contributed by atoms with Gasteiger partial charge in [-0.05, 0) is 48.9 Å². The van der Waals surface area contributed by atoms with Crippen molar-refractivity contribution >= 4 is 27.8 Å². The van der Waals surface area contributed by atoms with E-state index in [0.717, 1.165) is 29.4 Å². The molecule has 3 heterocycles. The van der Waals surface area contributed by atoms with E-state index in [9.17, 15) is 18.0 Å². The molecule has 2 N–H and O–H groups in total. The molecule has 0 saturated heterocycles. The molecule has 3 aromatic heterocycles. The van der Waals surface area contributed by atoms with Gasteiger partial charge in [0, 0.05) is 10.8 Å². The number of aromatic amines is 2. The molecule has 0 aliphatic heterocycles. The van der Waals surface area contributed by atoms with Crippen LogP contribution in [0.3, 0.4) is 0 Å². The molecule has 0 bridgehead atoms. The summed E-state index contributed by atoms with van der Waals surface area (Å²) >= 11 is 0. The molecule has 5 rings (SSSR count). The van der Waals surface area contributed by atoms with E-state index in [0.29, 0.717) is 29.3 Å². The van der Waals surface area contributed by atoms with Gasteiger partial charge in [-0.1, -0.05) is 0 Å². The number of H-pyrrole nitrogens is 2. The Bertz CT molecular complexity index is 1310. The molecule has 0 fully saturated rings. The molecule has 0 saturated carbocycles. The van der Waals surface area contributed by atoms with E-state index in [1.165, 1.54) is 13.3 Å². The van der Waals surface area contributed by atoms with E-state index in [1.807, 2.05) is 0 Å². The minimum Gasteiger partial charge on any atom is -0.464 e. The molecule has 0 atom stereocenters. The number of nitrogens with zero attached hydrogens (tertiary/aromatic N) is 3. The van der Waals surface area contributed by atoms with Crippen LogP contribution >= 0.6 is 0 Å². The number of methoxy groups -OCH3 is 1. The second-order valence-corrected chi connectivity index (χ2v) is 7.23. The van der Waals surface area contributed by atoms with Gasteiger partial charge in [-0.25, -0.2) is 9.78 Å². The molecule has 4 aromatic rings. The number of halogens is 3. The second kappa shape index (κ2) is 6.54. The molecule has 0 radical (unpaired) electrons. The van der Waals surface area contributed by atoms with Gasteiger partial charge in [-0.3, -0.25) is 10.2 Å². The van der Waals surface area contributed by atoms with E-state index in [1.54, 1.807) is 12.1 Å². The summed E-state index contributed by atoms with van der Waals surface area (Å²) in [5.74, 6) is -0.587. The third kappa shape index (κ3) is 2.66. The topological polar surface area (TPSA) is 96.6 Å². The highest BCUT2D eigenvalue weighted by Crippen LogP contribution is 2.42. The fraction of sp³-hybridized carbons (Fsp3) is 0.300. The minimum atomic E-state index is -4.57. The van der Waals surface area contributed by atoms with Crippen molar-refractivity contribution < 1.29 is 22.7 Å². The van der Waals surface area contributed by atoms with Gasteiger partial charge in [0.05, 0.1) is 35.6 Å². The van der Waals surface area contributed by atoms with Crippen LogP contribution in [0, 0.1) is 0 Å². The average Bonchev–Trinajstić information content (AvgIpc) is 3.39. The van der Waals surface area contributed by atoms with E-state index >= 15 is 0 Å². The summed E-state index contributed by atoms with van der Waals surface area (Å²) in [6.07, 6.45) is -0.398. The zero-order valence-electron chi connectivity index (χ0n) is 15.9. The first kappa shape index (κ1) is 18.6. The highest BCUT2D eigenvalue weighted by Gasteiger charge is 2.37. The van der Waals surface area contributed by atoms with Gasteiger partial charge in [-0.15, -0.1) is 0 Å². The van der Waals surface area contributed by atoms with E-state index in [-0.39, 0.29) is 17.0 Å². The summed E-state index contributed by atoms with van der Waals surface area (Å²) in [4.78, 5) is 16.9. The van der Waals surface area contributed by atoms with Crippen LogP contribution in [-0.4, -0.2) is 38.5 Å². The first-order valence-electron chi connectivity index (χ1n) is 9.42. The second-order valence-electron chi connectivity index (χ2n) is 7.23. The molecule has 154 valence electrons. The summed E-state index contributed by atoms with van der Waals surface area (Å²) in [5.41, 5.74) is 2.23. The molecule has 10 heteroatoms. The lowest BCUT2D eigenvalue weighted by Crippen LogP contribution is -2.12. The van der Waals surface area contributed by atoms with Crippen LogP contribution in [0.4, 0.5) is 13.2 Å². The van der Waals surface area contributed by atoms with Gasteiger partial charge in [0.2, 0.25) is 0 Å². The Kier molecular flexibility index (Phi) is 4.05. The number of pyridine rings is 1. The van der Waals surface area contributed by atoms with Crippen molar-refractivity contribution in [3.8, 4) is 11.3 Å². The Morgan fingerprint density at radius 2 is 1.87 bits per heavy atom. The Labute approximate surface area is 167 Å². The lowest BCUT2D eigenvalue weighted by molar-refractivity contribution is -0.140. The number of benzene rings is 1. The summed E-state index contributed by atoms with van der Waals surface area (Å²) in [7, 11) is 1.28. The predicted octanol–water partition coefficient (Wildman–Crippen LogP) is 4.19. The number of carbonyl (C=O) groups is 1. The summed E-state index contributed by atoms with van der Waals surface area (Å²) < 4.78 is 45.3. The zero-order valence-corrected chi connectivity index (χ0v) is 15.9. The largest absolute Gasteiger partial charge is 0.464 e. The smallest absolute Gasteiger partial charge is 0.433 e. The average molecular weight is 415 g/mol. The standard InChI is InChI=1S/C20H16F3N5O2/c1-30-19(29)17-15-13(26-27-17)7-6-12-14(15)9-4-2-3-5-10(9)16(25-12)11-8-24-28-18(11)20(21,22)23/h6-8H,2-5H2,1H3,(H,24,28)(H,26,27). The van der Waals surface area contributed by atoms with Crippen molar-refractivity contribution in [2.75, 3.05) is 7.11 Å². The maximum Gasteiger partial charge on any atom is 0.433 e. The molecule has 30 heavy (non-hydrogen) atoms. The lowest BCUT2D eigenvalue weighted by Gasteiger charge is -2.22. The number of alkyl halides is 3. The van der Waals surface area contributed by atoms with Crippen LogP contribution < -0.4 is 0 Å². The first-order chi connectivity index (χ1) is 14.4. The molecule has 1 aromatic carbocycles. The Morgan fingerprint density at radius 1 is 1.10 bits per heavy atom. The van der Waals surface area contributed by atoms with Crippen molar-refractivity contribution in [3.63, 3.8) is 0 Å². The van der Waals surface area contributed by atoms with E-state index in [4.69, 9.17) is 4.74 Å². The first-order valence-corrected chi connectivity index (χ1v) is 9.42. The van der Waals surface area contributed by atoms with Crippen molar-refractivity contribution in [1.29, 1.82) is 0 Å². The van der Waals surface area contributed by atoms with Gasteiger partial charge in [0.25, 0.3) is 0 Å². The van der Waals surface area contributed by atoms with Gasteiger partial charge in [-0.2, -0.15) is 23.4 Å². The summed E-state index contributed by atoms with van der Waals surface area (Å²) in [6.45, 7) is 0. The quantitative estimate of drug-likeness (QED) is 0.479. The third-order valence-corrected chi connectivity index (χ3v) is 5.55. The molecular formula is C20H16F3N5O2. The third-order valence-electron chi connectivity index (χ3n) is 5.55. The van der Waals surface area contributed by atoms with Gasteiger partial charge >= 0.3 is 12.1 Å². The Morgan fingerprint density at radius 3 is 2.60 bits per heavy atom. The molecule has 1 aliphatic carbocycles. The van der Waals surface area contributed by atoms with E-state index < -0.39 is 17.8 Å². The van der Waals surface area contributed by atoms with Crippen LogP contribution in [0.5, 0.6) is 0 Å². The molecule has 0 amide bonds. The number of ether oxygens (including phenoxy) is 1. The van der Waals surface area contributed by atoms with Crippen molar-refractivity contribution in [2.24, 2.45) is 0 Å². The summed E-state index contributed by atoms with van der Waals surface area (Å²) in [6, 6.07) is 3.44. The molecule has 1 aliphatic rings. The lowest BCUT2D eigenvalue weighted by atomic mass is 9.85. The fourth-order valence-electron chi connectivity index (χ4n) is 4.28. The summed E-state index contributed by atoms with van der Waals surface area (Å²) in [5, 5.41) is 13.9. The number of nitrogens with one attached hydrogen (secondary N) is 2. The van der Waals surface area contributed by atoms with Crippen LogP contribution in [0.2, 0.25) is 0 Å². The minimum absolute atomic E-state index is 0.0666. The monoisotopic (exact) mass is 415 g/mol. The normalized spacial score (nSPS) is 14.3. The SMILES string of the molecule is COC(=O)c1n[nH]c2ccc3nc(-c4cn[nH]c4C(F)(F)F)c4c(c3c12)CCCC4. The van der Waals surface area contributed by atoms with Crippen molar-refractivity contribution in [3.05, 3.63) is 40.8 Å². The number of fused-ring (bicyclic) bond motifs is 5. The van der Waals surface area contributed by atoms with Crippen molar-refractivity contribution in [2.45, 2.75) is 31.9 Å². The highest BCUT2D eigenvalue weighted by molar-refractivity contribution is 6.15. The van der Waals surface area contributed by atoms with Crippen LogP contribution in [-0.2, 0) is 23.8 Å². The maximum atomic E-state index is 13.5. The number of carbonyl (C=O) groups excluding carboxylic acids is 1.